The largest absolute Gasteiger partial charge is 0.416 e. The topological polar surface area (TPSA) is 17.1 Å². The highest BCUT2D eigenvalue weighted by Gasteiger charge is 2.29. The van der Waals surface area contributed by atoms with Crippen LogP contribution in [0.1, 0.15) is 23.3 Å². The Labute approximate surface area is 172 Å². The van der Waals surface area contributed by atoms with E-state index in [1.54, 1.807) is 30.3 Å². The number of carbonyl (C=O) groups excluding carboxylic acids is 1. The fraction of sp³-hybridized carbons (Fsp3) is 0.0952. The predicted octanol–water partition coefficient (Wildman–Crippen LogP) is 8.64. The Bertz CT molecular complexity index is 800. The van der Waals surface area contributed by atoms with Crippen molar-refractivity contribution in [3.63, 3.8) is 0 Å². The molecule has 0 saturated carbocycles. The highest BCUT2D eigenvalue weighted by molar-refractivity contribution is 8.20. The highest BCUT2D eigenvalue weighted by Crippen LogP contribution is 2.60. The van der Waals surface area contributed by atoms with Gasteiger partial charge in [0.2, 0.25) is 11.2 Å². The van der Waals surface area contributed by atoms with E-state index in [0.717, 1.165) is 24.3 Å². The summed E-state index contributed by atoms with van der Waals surface area (Å²) in [6, 6.07) is 19.3. The van der Waals surface area contributed by atoms with Gasteiger partial charge in [0.05, 0.1) is 16.0 Å². The Morgan fingerprint density at radius 3 is 1.27 bits per heavy atom. The first kappa shape index (κ1) is 27.2. The monoisotopic (exact) mass is 452 g/mol. The van der Waals surface area contributed by atoms with Crippen molar-refractivity contribution < 1.29 is 34.0 Å². The number of hydrogen-bond donors (Lipinski definition) is 0. The smallest absolute Gasteiger partial charge is 0.255 e. The Kier molecular flexibility index (Phi) is 11.5. The maximum Gasteiger partial charge on any atom is 0.416 e. The second-order valence-electron chi connectivity index (χ2n) is 5.22. The third kappa shape index (κ3) is 10.7. The lowest BCUT2D eigenvalue weighted by molar-refractivity contribution is -0.137. The van der Waals surface area contributed by atoms with Crippen molar-refractivity contribution in [1.29, 1.82) is 0 Å². The maximum atomic E-state index is 11.9. The molecule has 0 aromatic heterocycles. The molecule has 1 nitrogen and oxygen atoms in total. The van der Waals surface area contributed by atoms with Gasteiger partial charge in [-0.3, -0.25) is 4.79 Å². The molecule has 0 heterocycles. The van der Waals surface area contributed by atoms with Crippen LogP contribution < -0.4 is 0 Å². The summed E-state index contributed by atoms with van der Waals surface area (Å²) in [7, 11) is 0. The predicted molar refractivity (Wildman–Crippen MR) is 106 cm³/mol. The zero-order valence-corrected chi connectivity index (χ0v) is 15.4. The molecule has 30 heavy (non-hydrogen) atoms. The van der Waals surface area contributed by atoms with Crippen LogP contribution in [0.4, 0.5) is 29.2 Å². The van der Waals surface area contributed by atoms with Gasteiger partial charge in [-0.2, -0.15) is 17.6 Å². The third-order valence-electron chi connectivity index (χ3n) is 3.11. The highest BCUT2D eigenvalue weighted by atomic mass is 32.3. The molecule has 3 aromatic carbocycles. The SMILES string of the molecule is C.FC(F)(F)c1ccccc1.FS(F)(F)c1ccccc1.O=C(F)c1ccccc1. The van der Waals surface area contributed by atoms with Gasteiger partial charge in [0.25, 0.3) is 0 Å². The van der Waals surface area contributed by atoms with Crippen LogP contribution in [0.3, 0.4) is 0 Å². The first-order valence-corrected chi connectivity index (χ1v) is 9.19. The molecule has 0 unspecified atom stereocenters. The average molecular weight is 452 g/mol. The molecule has 0 atom stereocenters. The minimum absolute atomic E-state index is 0. The van der Waals surface area contributed by atoms with Gasteiger partial charge in [0.15, 0.2) is 0 Å². The Hall–Kier alpha value is -2.81. The van der Waals surface area contributed by atoms with Gasteiger partial charge in [0.1, 0.15) is 0 Å². The number of alkyl halides is 3. The average Bonchev–Trinajstić information content (AvgIpc) is 2.70. The summed E-state index contributed by atoms with van der Waals surface area (Å²) in [5.41, 5.74) is -0.493. The standard InChI is InChI=1S/C7H5F3.C7H5FO.C6H5F3S.CH4/c8-7(9,10)6-4-2-1-3-5-6;8-7(9)6-4-2-1-3-5-6;7-10(8,9)6-4-2-1-3-5-6;/h1-5H;1-5H;1-5H;1H4. The molecular weight excluding hydrogens is 433 g/mol. The van der Waals surface area contributed by atoms with Gasteiger partial charge in [-0.15, -0.1) is 11.7 Å². The second-order valence-corrected chi connectivity index (χ2v) is 6.51. The van der Waals surface area contributed by atoms with Crippen LogP contribution in [-0.2, 0) is 6.18 Å². The molecule has 0 amide bonds. The minimum Gasteiger partial charge on any atom is -0.255 e. The summed E-state index contributed by atoms with van der Waals surface area (Å²) >= 11 is -5.00. The van der Waals surface area contributed by atoms with Crippen molar-refractivity contribution in [2.24, 2.45) is 0 Å². The van der Waals surface area contributed by atoms with E-state index in [2.05, 4.69) is 0 Å². The maximum absolute atomic E-state index is 11.9. The van der Waals surface area contributed by atoms with Gasteiger partial charge in [-0.1, -0.05) is 74.2 Å². The van der Waals surface area contributed by atoms with Crippen LogP contribution >= 0.6 is 11.2 Å². The first-order chi connectivity index (χ1) is 13.5. The van der Waals surface area contributed by atoms with Gasteiger partial charge >= 0.3 is 12.2 Å². The van der Waals surface area contributed by atoms with Crippen LogP contribution in [0, 0.1) is 0 Å². The van der Waals surface area contributed by atoms with E-state index in [1.807, 2.05) is 0 Å². The van der Waals surface area contributed by atoms with Crippen molar-refractivity contribution in [2.75, 3.05) is 0 Å². The molecule has 0 aliphatic rings. The van der Waals surface area contributed by atoms with Crippen LogP contribution in [-0.4, -0.2) is 6.04 Å². The van der Waals surface area contributed by atoms with Gasteiger partial charge in [0, 0.05) is 0 Å². The number of carbonyl (C=O) groups is 1. The van der Waals surface area contributed by atoms with Crippen molar-refractivity contribution in [2.45, 2.75) is 18.5 Å². The van der Waals surface area contributed by atoms with Crippen LogP contribution in [0.2, 0.25) is 0 Å². The molecule has 3 rings (SSSR count). The first-order valence-electron chi connectivity index (χ1n) is 7.86. The molecule has 0 saturated heterocycles. The fourth-order valence-electron chi connectivity index (χ4n) is 1.77. The minimum atomic E-state index is -5.00. The Morgan fingerprint density at radius 2 is 1.03 bits per heavy atom. The lowest BCUT2D eigenvalue weighted by Gasteiger charge is -2.07. The summed E-state index contributed by atoms with van der Waals surface area (Å²) in [5.74, 6) is 0. The Balaban J connectivity index is 0.000000414. The molecule has 0 fully saturated rings. The van der Waals surface area contributed by atoms with Gasteiger partial charge < -0.3 is 0 Å². The molecule has 9 heteroatoms. The van der Waals surface area contributed by atoms with E-state index in [4.69, 9.17) is 0 Å². The summed E-state index contributed by atoms with van der Waals surface area (Å²) in [6.07, 6.45) is -4.21. The van der Waals surface area contributed by atoms with Gasteiger partial charge in [-0.05, 0) is 24.3 Å². The van der Waals surface area contributed by atoms with Crippen LogP contribution in [0.5, 0.6) is 0 Å². The molecule has 164 valence electrons. The summed E-state index contributed by atoms with van der Waals surface area (Å²) in [5, 5.41) is 0. The molecule has 0 bridgehead atoms. The number of benzene rings is 3. The molecule has 0 aliphatic heterocycles. The van der Waals surface area contributed by atoms with Crippen molar-refractivity contribution in [3.05, 3.63) is 102 Å². The van der Waals surface area contributed by atoms with E-state index >= 15 is 0 Å². The summed E-state index contributed by atoms with van der Waals surface area (Å²) < 4.78 is 82.8. The molecule has 0 aliphatic carbocycles. The number of rotatable bonds is 2. The Morgan fingerprint density at radius 1 is 0.667 bits per heavy atom. The normalized spacial score (nSPS) is 10.9. The van der Waals surface area contributed by atoms with Crippen LogP contribution in [0.25, 0.3) is 0 Å². The van der Waals surface area contributed by atoms with Crippen LogP contribution in [0.15, 0.2) is 95.9 Å². The fourth-order valence-corrected chi connectivity index (χ4v) is 2.24. The van der Waals surface area contributed by atoms with E-state index in [0.29, 0.717) is 0 Å². The zero-order valence-electron chi connectivity index (χ0n) is 14.6. The molecular formula is C21H19F7OS. The third-order valence-corrected chi connectivity index (χ3v) is 3.92. The molecule has 0 radical (unpaired) electrons. The van der Waals surface area contributed by atoms with Crippen molar-refractivity contribution in [1.82, 2.24) is 0 Å². The number of halogens is 7. The van der Waals surface area contributed by atoms with E-state index in [1.165, 1.54) is 36.4 Å². The van der Waals surface area contributed by atoms with Crippen molar-refractivity contribution >= 4 is 17.2 Å². The summed E-state index contributed by atoms with van der Waals surface area (Å²) in [4.78, 5) is 9.46. The van der Waals surface area contributed by atoms with E-state index < -0.39 is 33.9 Å². The molecule has 0 N–H and O–H groups in total. The quantitative estimate of drug-likeness (QED) is 0.281. The van der Waals surface area contributed by atoms with E-state index in [-0.39, 0.29) is 13.0 Å². The number of hydrogen-bond acceptors (Lipinski definition) is 1. The lowest BCUT2D eigenvalue weighted by atomic mass is 10.2. The van der Waals surface area contributed by atoms with Crippen molar-refractivity contribution in [3.8, 4) is 0 Å². The zero-order chi connectivity index (χ0) is 21.9. The van der Waals surface area contributed by atoms with Gasteiger partial charge in [-0.25, -0.2) is 0 Å². The molecule has 3 aromatic rings. The summed E-state index contributed by atoms with van der Waals surface area (Å²) in [6.45, 7) is 0. The lowest BCUT2D eigenvalue weighted by Crippen LogP contribution is -2.03. The van der Waals surface area contributed by atoms with E-state index in [9.17, 15) is 34.0 Å². The second kappa shape index (κ2) is 12.7. The molecule has 0 spiro atoms.